The van der Waals surface area contributed by atoms with Crippen LogP contribution in [0.25, 0.3) is 0 Å². The number of primary amides is 1. The van der Waals surface area contributed by atoms with Gasteiger partial charge in [-0.2, -0.15) is 0 Å². The Morgan fingerprint density at radius 2 is 1.71 bits per heavy atom. The topological polar surface area (TPSA) is 121 Å². The Hall–Kier alpha value is -0.680. The molecule has 0 radical (unpaired) electrons. The van der Waals surface area contributed by atoms with Gasteiger partial charge in [-0.15, -0.1) is 0 Å². The molecule has 0 heterocycles. The Morgan fingerprint density at radius 3 is 1.79 bits per heavy atom. The molecular formula is C7H16NO5P. The molecule has 5 N–H and O–H groups in total. The Bertz CT molecular complexity index is 236. The van der Waals surface area contributed by atoms with Gasteiger partial charge in [0.1, 0.15) is 0 Å². The molecule has 0 atom stereocenters. The Kier molecular flexibility index (Phi) is 7.58. The quantitative estimate of drug-likeness (QED) is 0.402. The molecule has 0 saturated carbocycles. The number of hydrogen-bond acceptors (Lipinski definition) is 2. The van der Waals surface area contributed by atoms with Crippen LogP contribution in [-0.2, 0) is 9.36 Å². The summed E-state index contributed by atoms with van der Waals surface area (Å²) in [4.78, 5) is 31.9. The average Bonchev–Trinajstić information content (AvgIpc) is 1.80. The van der Waals surface area contributed by atoms with Gasteiger partial charge >= 0.3 is 7.82 Å². The molecule has 0 aromatic carbocycles. The molecule has 0 aromatic rings. The van der Waals surface area contributed by atoms with Gasteiger partial charge in [-0.25, -0.2) is 4.57 Å². The molecule has 7 heteroatoms. The number of hydrogen-bond donors (Lipinski definition) is 4. The standard InChI is InChI=1S/C7H13NO.H3O4P/c1-5(2)4-6(3)7(8)9;1-5(2,3)4/h5H,3-4H2,1-2H3,(H2,8,9);(H3,1,2,3,4). The highest BCUT2D eigenvalue weighted by Gasteiger charge is 2.02. The predicted molar refractivity (Wildman–Crippen MR) is 52.1 cm³/mol. The molecule has 0 fully saturated rings. The highest BCUT2D eigenvalue weighted by molar-refractivity contribution is 7.45. The summed E-state index contributed by atoms with van der Waals surface area (Å²) in [6.07, 6.45) is 0.704. The van der Waals surface area contributed by atoms with Crippen molar-refractivity contribution >= 4 is 13.7 Å². The molecule has 0 spiro atoms. The van der Waals surface area contributed by atoms with E-state index in [1.165, 1.54) is 0 Å². The van der Waals surface area contributed by atoms with Crippen LogP contribution in [0.2, 0.25) is 0 Å². The summed E-state index contributed by atoms with van der Waals surface area (Å²) in [7, 11) is -4.64. The largest absolute Gasteiger partial charge is 0.466 e. The van der Waals surface area contributed by atoms with Gasteiger partial charge in [-0.05, 0) is 12.3 Å². The second-order valence-corrected chi connectivity index (χ2v) is 4.11. The monoisotopic (exact) mass is 225 g/mol. The third-order valence-corrected chi connectivity index (χ3v) is 1.00. The third kappa shape index (κ3) is 22.5. The second kappa shape index (κ2) is 6.73. The minimum absolute atomic E-state index is 0.385. The Morgan fingerprint density at radius 1 is 1.43 bits per heavy atom. The van der Waals surface area contributed by atoms with E-state index in [1.807, 2.05) is 13.8 Å². The fraction of sp³-hybridized carbons (Fsp3) is 0.571. The molecule has 6 nitrogen and oxygen atoms in total. The number of carbonyl (C=O) groups excluding carboxylic acids is 1. The molecule has 1 amide bonds. The van der Waals surface area contributed by atoms with E-state index < -0.39 is 7.82 Å². The van der Waals surface area contributed by atoms with Gasteiger partial charge in [0.15, 0.2) is 0 Å². The van der Waals surface area contributed by atoms with Crippen molar-refractivity contribution in [3.63, 3.8) is 0 Å². The summed E-state index contributed by atoms with van der Waals surface area (Å²) in [5.74, 6) is 0.0775. The van der Waals surface area contributed by atoms with Crippen molar-refractivity contribution in [2.45, 2.75) is 20.3 Å². The molecule has 14 heavy (non-hydrogen) atoms. The molecule has 0 aliphatic heterocycles. The molecule has 0 aromatic heterocycles. The fourth-order valence-corrected chi connectivity index (χ4v) is 0.593. The minimum Gasteiger partial charge on any atom is -0.366 e. The minimum atomic E-state index is -4.64. The average molecular weight is 225 g/mol. The first kappa shape index (κ1) is 15.8. The van der Waals surface area contributed by atoms with Crippen molar-refractivity contribution < 1.29 is 24.0 Å². The highest BCUT2D eigenvalue weighted by Crippen LogP contribution is 2.25. The van der Waals surface area contributed by atoms with Crippen molar-refractivity contribution in [2.24, 2.45) is 11.7 Å². The summed E-state index contributed by atoms with van der Waals surface area (Å²) in [5.41, 5.74) is 5.46. The summed E-state index contributed by atoms with van der Waals surface area (Å²) in [6, 6.07) is 0. The highest BCUT2D eigenvalue weighted by atomic mass is 31.2. The van der Waals surface area contributed by atoms with E-state index in [2.05, 4.69) is 6.58 Å². The molecule has 0 bridgehead atoms. The summed E-state index contributed by atoms with van der Waals surface area (Å²) in [5, 5.41) is 0. The van der Waals surface area contributed by atoms with Crippen LogP contribution < -0.4 is 5.73 Å². The van der Waals surface area contributed by atoms with Crippen LogP contribution in [0, 0.1) is 5.92 Å². The van der Waals surface area contributed by atoms with Gasteiger partial charge in [0, 0.05) is 5.57 Å². The van der Waals surface area contributed by atoms with Crippen LogP contribution in [0.5, 0.6) is 0 Å². The van der Waals surface area contributed by atoms with Gasteiger partial charge in [-0.3, -0.25) is 4.79 Å². The van der Waals surface area contributed by atoms with Crippen LogP contribution >= 0.6 is 7.82 Å². The van der Waals surface area contributed by atoms with E-state index in [-0.39, 0.29) is 5.91 Å². The zero-order valence-corrected chi connectivity index (χ0v) is 9.07. The number of nitrogens with two attached hydrogens (primary N) is 1. The number of phosphoric acid groups is 1. The smallest absolute Gasteiger partial charge is 0.366 e. The number of amides is 1. The van der Waals surface area contributed by atoms with Crippen molar-refractivity contribution in [1.29, 1.82) is 0 Å². The van der Waals surface area contributed by atoms with E-state index in [9.17, 15) is 4.79 Å². The van der Waals surface area contributed by atoms with Crippen LogP contribution in [0.15, 0.2) is 12.2 Å². The summed E-state index contributed by atoms with van der Waals surface area (Å²) < 4.78 is 8.88. The molecule has 84 valence electrons. The lowest BCUT2D eigenvalue weighted by Crippen LogP contribution is -2.14. The van der Waals surface area contributed by atoms with Crippen LogP contribution in [0.3, 0.4) is 0 Å². The normalized spacial score (nSPS) is 10.4. The maximum Gasteiger partial charge on any atom is 0.466 e. The van der Waals surface area contributed by atoms with Gasteiger partial charge in [0.25, 0.3) is 0 Å². The molecule has 0 saturated heterocycles. The predicted octanol–water partition coefficient (Wildman–Crippen LogP) is 0.145. The van der Waals surface area contributed by atoms with Crippen molar-refractivity contribution in [2.75, 3.05) is 0 Å². The lowest BCUT2D eigenvalue weighted by molar-refractivity contribution is -0.114. The van der Waals surface area contributed by atoms with E-state index in [1.54, 1.807) is 0 Å². The van der Waals surface area contributed by atoms with Gasteiger partial charge < -0.3 is 20.4 Å². The van der Waals surface area contributed by atoms with Crippen LogP contribution in [0.1, 0.15) is 20.3 Å². The summed E-state index contributed by atoms with van der Waals surface area (Å²) in [6.45, 7) is 7.56. The van der Waals surface area contributed by atoms with Crippen LogP contribution in [0.4, 0.5) is 0 Å². The molecule has 0 unspecified atom stereocenters. The van der Waals surface area contributed by atoms with Crippen LogP contribution in [-0.4, -0.2) is 20.6 Å². The Balaban J connectivity index is 0. The zero-order chi connectivity index (χ0) is 11.9. The maximum absolute atomic E-state index is 10.4. The first-order valence-electron chi connectivity index (χ1n) is 3.80. The van der Waals surface area contributed by atoms with E-state index in [0.29, 0.717) is 17.9 Å². The van der Waals surface area contributed by atoms with Gasteiger partial charge in [0.2, 0.25) is 5.91 Å². The van der Waals surface area contributed by atoms with Gasteiger partial charge in [-0.1, -0.05) is 20.4 Å². The number of rotatable bonds is 3. The Labute approximate surface area is 82.7 Å². The van der Waals surface area contributed by atoms with Crippen molar-refractivity contribution in [3.8, 4) is 0 Å². The lowest BCUT2D eigenvalue weighted by atomic mass is 10.0. The van der Waals surface area contributed by atoms with E-state index in [0.717, 1.165) is 0 Å². The van der Waals surface area contributed by atoms with Crippen molar-refractivity contribution in [1.82, 2.24) is 0 Å². The molecule has 0 rings (SSSR count). The second-order valence-electron chi connectivity index (χ2n) is 3.08. The summed E-state index contributed by atoms with van der Waals surface area (Å²) >= 11 is 0. The first-order chi connectivity index (χ1) is 6.04. The molecular weight excluding hydrogens is 209 g/mol. The number of carbonyl (C=O) groups is 1. The fourth-order valence-electron chi connectivity index (χ4n) is 0.593. The first-order valence-corrected chi connectivity index (χ1v) is 5.36. The molecule has 0 aliphatic rings. The van der Waals surface area contributed by atoms with Gasteiger partial charge in [0.05, 0.1) is 0 Å². The lowest BCUT2D eigenvalue weighted by Gasteiger charge is -2.02. The SMILES string of the molecule is C=C(CC(C)C)C(N)=O.O=P(O)(O)O. The van der Waals surface area contributed by atoms with E-state index in [4.69, 9.17) is 25.0 Å². The van der Waals surface area contributed by atoms with E-state index >= 15 is 0 Å². The molecule has 0 aliphatic carbocycles. The zero-order valence-electron chi connectivity index (χ0n) is 8.17. The van der Waals surface area contributed by atoms with Crippen molar-refractivity contribution in [3.05, 3.63) is 12.2 Å². The third-order valence-electron chi connectivity index (χ3n) is 1.00. The maximum atomic E-state index is 10.4.